The summed E-state index contributed by atoms with van der Waals surface area (Å²) < 4.78 is 18.9. The maximum Gasteiger partial charge on any atom is 0.407 e. The van der Waals surface area contributed by atoms with E-state index in [0.29, 0.717) is 17.7 Å². The molecule has 1 amide bonds. The minimum absolute atomic E-state index is 0.0514. The first-order valence-corrected chi connectivity index (χ1v) is 8.02. The van der Waals surface area contributed by atoms with Crippen LogP contribution in [0.25, 0.3) is 0 Å². The van der Waals surface area contributed by atoms with Crippen LogP contribution in [-0.4, -0.2) is 28.6 Å². The third-order valence-corrected chi connectivity index (χ3v) is 3.61. The number of carbonyl (C=O) groups excluding carboxylic acids is 2. The Morgan fingerprint density at radius 3 is 2.50 bits per heavy atom. The second-order valence-corrected chi connectivity index (χ2v) is 7.14. The molecule has 0 spiro atoms. The number of benzene rings is 1. The summed E-state index contributed by atoms with van der Waals surface area (Å²) in [5.74, 6) is 0.0365. The summed E-state index contributed by atoms with van der Waals surface area (Å²) >= 11 is 1.09. The molecule has 6 heteroatoms. The fourth-order valence-electron chi connectivity index (χ4n) is 1.77. The Kier molecular flexibility index (Phi) is 6.87. The normalized spacial score (nSPS) is 12.6. The van der Waals surface area contributed by atoms with Gasteiger partial charge in [-0.25, -0.2) is 9.18 Å². The van der Waals surface area contributed by atoms with Gasteiger partial charge in [-0.1, -0.05) is 30.0 Å². The number of halogens is 1. The Hall–Kier alpha value is -1.56. The number of thioether (sulfide) groups is 1. The van der Waals surface area contributed by atoms with Gasteiger partial charge in [0.25, 0.3) is 0 Å². The standard InChI is InChI=1S/C16H22FNO3S/c1-11(19)22-10-13(18-15(20)21-16(2,3)4)9-12-7-5-6-8-14(12)17/h5-8,13H,9-10H2,1-4H3,(H,18,20)/t13-/m0/s1. The van der Waals surface area contributed by atoms with Gasteiger partial charge in [0.1, 0.15) is 11.4 Å². The summed E-state index contributed by atoms with van der Waals surface area (Å²) in [4.78, 5) is 23.0. The molecule has 122 valence electrons. The van der Waals surface area contributed by atoms with Crippen molar-refractivity contribution in [1.29, 1.82) is 0 Å². The molecule has 0 aliphatic heterocycles. The largest absolute Gasteiger partial charge is 0.444 e. The van der Waals surface area contributed by atoms with Crippen LogP contribution in [0.2, 0.25) is 0 Å². The second-order valence-electron chi connectivity index (χ2n) is 5.94. The van der Waals surface area contributed by atoms with E-state index in [1.165, 1.54) is 13.0 Å². The van der Waals surface area contributed by atoms with E-state index >= 15 is 0 Å². The molecule has 22 heavy (non-hydrogen) atoms. The smallest absolute Gasteiger partial charge is 0.407 e. The highest BCUT2D eigenvalue weighted by Crippen LogP contribution is 2.14. The van der Waals surface area contributed by atoms with E-state index in [4.69, 9.17) is 4.74 Å². The Morgan fingerprint density at radius 1 is 1.32 bits per heavy atom. The molecule has 0 radical (unpaired) electrons. The first kappa shape index (κ1) is 18.5. The van der Waals surface area contributed by atoms with Crippen molar-refractivity contribution in [1.82, 2.24) is 5.32 Å². The number of rotatable bonds is 5. The third kappa shape index (κ3) is 7.45. The van der Waals surface area contributed by atoms with Gasteiger partial charge in [0.15, 0.2) is 5.12 Å². The fourth-order valence-corrected chi connectivity index (χ4v) is 2.41. The Morgan fingerprint density at radius 2 is 1.95 bits per heavy atom. The maximum absolute atomic E-state index is 13.7. The number of amides is 1. The molecule has 1 atom stereocenters. The zero-order valence-electron chi connectivity index (χ0n) is 13.3. The van der Waals surface area contributed by atoms with Crippen molar-refractivity contribution >= 4 is 23.0 Å². The minimum Gasteiger partial charge on any atom is -0.444 e. The predicted molar refractivity (Wildman–Crippen MR) is 86.4 cm³/mol. The van der Waals surface area contributed by atoms with Crippen LogP contribution < -0.4 is 5.32 Å². The Labute approximate surface area is 134 Å². The zero-order chi connectivity index (χ0) is 16.8. The lowest BCUT2D eigenvalue weighted by atomic mass is 10.1. The molecular formula is C16H22FNO3S. The number of alkyl carbamates (subject to hydrolysis) is 1. The highest BCUT2D eigenvalue weighted by molar-refractivity contribution is 8.13. The molecule has 4 nitrogen and oxygen atoms in total. The molecule has 0 saturated heterocycles. The van der Waals surface area contributed by atoms with E-state index in [2.05, 4.69) is 5.32 Å². The molecule has 1 rings (SSSR count). The van der Waals surface area contributed by atoms with Crippen molar-refractivity contribution in [2.24, 2.45) is 0 Å². The highest BCUT2D eigenvalue weighted by Gasteiger charge is 2.21. The van der Waals surface area contributed by atoms with Gasteiger partial charge in [0.05, 0.1) is 0 Å². The Bertz CT molecular complexity index is 528. The second kappa shape index (κ2) is 8.17. The lowest BCUT2D eigenvalue weighted by Crippen LogP contribution is -2.41. The van der Waals surface area contributed by atoms with Gasteiger partial charge >= 0.3 is 6.09 Å². The van der Waals surface area contributed by atoms with Crippen LogP contribution >= 0.6 is 11.8 Å². The van der Waals surface area contributed by atoms with E-state index in [1.807, 2.05) is 0 Å². The molecule has 0 heterocycles. The van der Waals surface area contributed by atoms with E-state index in [9.17, 15) is 14.0 Å². The molecule has 0 unspecified atom stereocenters. The van der Waals surface area contributed by atoms with Gasteiger partial charge < -0.3 is 10.1 Å². The number of ether oxygens (including phenoxy) is 1. The van der Waals surface area contributed by atoms with Gasteiger partial charge in [-0.3, -0.25) is 4.79 Å². The van der Waals surface area contributed by atoms with Crippen molar-refractivity contribution in [3.8, 4) is 0 Å². The van der Waals surface area contributed by atoms with Crippen molar-refractivity contribution < 1.29 is 18.7 Å². The number of nitrogens with one attached hydrogen (secondary N) is 1. The third-order valence-electron chi connectivity index (χ3n) is 2.63. The summed E-state index contributed by atoms with van der Waals surface area (Å²) in [6.07, 6.45) is -0.273. The van der Waals surface area contributed by atoms with Crippen LogP contribution in [0.4, 0.5) is 9.18 Å². The first-order valence-electron chi connectivity index (χ1n) is 7.03. The van der Waals surface area contributed by atoms with E-state index in [-0.39, 0.29) is 17.0 Å². The summed E-state index contributed by atoms with van der Waals surface area (Å²) in [6, 6.07) is 6.00. The molecule has 0 aliphatic rings. The average molecular weight is 327 g/mol. The lowest BCUT2D eigenvalue weighted by molar-refractivity contribution is -0.109. The van der Waals surface area contributed by atoms with Crippen molar-refractivity contribution in [2.45, 2.75) is 45.8 Å². The summed E-state index contributed by atoms with van der Waals surface area (Å²) in [5.41, 5.74) is -0.118. The number of hydrogen-bond donors (Lipinski definition) is 1. The molecule has 0 aliphatic carbocycles. The van der Waals surface area contributed by atoms with Crippen molar-refractivity contribution in [2.75, 3.05) is 5.75 Å². The van der Waals surface area contributed by atoms with Gasteiger partial charge in [-0.2, -0.15) is 0 Å². The monoisotopic (exact) mass is 327 g/mol. The van der Waals surface area contributed by atoms with E-state index in [1.54, 1.807) is 39.0 Å². The van der Waals surface area contributed by atoms with Gasteiger partial charge in [-0.05, 0) is 38.8 Å². The summed E-state index contributed by atoms with van der Waals surface area (Å²) in [7, 11) is 0. The lowest BCUT2D eigenvalue weighted by Gasteiger charge is -2.23. The molecule has 0 fully saturated rings. The maximum atomic E-state index is 13.7. The van der Waals surface area contributed by atoms with Gasteiger partial charge in [0.2, 0.25) is 0 Å². The average Bonchev–Trinajstić information content (AvgIpc) is 2.36. The van der Waals surface area contributed by atoms with Gasteiger partial charge in [0, 0.05) is 18.7 Å². The molecule has 0 aromatic heterocycles. The minimum atomic E-state index is -0.611. The molecule has 1 N–H and O–H groups in total. The SMILES string of the molecule is CC(=O)SC[C@H](Cc1ccccc1F)NC(=O)OC(C)(C)C. The van der Waals surface area contributed by atoms with E-state index in [0.717, 1.165) is 11.8 Å². The van der Waals surface area contributed by atoms with Crippen LogP contribution in [0.5, 0.6) is 0 Å². The zero-order valence-corrected chi connectivity index (χ0v) is 14.1. The molecule has 1 aromatic rings. The summed E-state index contributed by atoms with van der Waals surface area (Å²) in [5, 5.41) is 2.65. The van der Waals surface area contributed by atoms with Gasteiger partial charge in [-0.15, -0.1) is 0 Å². The summed E-state index contributed by atoms with van der Waals surface area (Å²) in [6.45, 7) is 6.76. The van der Waals surface area contributed by atoms with Crippen LogP contribution in [0, 0.1) is 5.82 Å². The topological polar surface area (TPSA) is 55.4 Å². The first-order chi connectivity index (χ1) is 10.2. The highest BCUT2D eigenvalue weighted by atomic mass is 32.2. The fraction of sp³-hybridized carbons (Fsp3) is 0.500. The van der Waals surface area contributed by atoms with Crippen LogP contribution in [0.3, 0.4) is 0 Å². The number of carbonyl (C=O) groups is 2. The van der Waals surface area contributed by atoms with Crippen LogP contribution in [0.15, 0.2) is 24.3 Å². The van der Waals surface area contributed by atoms with Crippen molar-refractivity contribution in [3.05, 3.63) is 35.6 Å². The van der Waals surface area contributed by atoms with Crippen LogP contribution in [-0.2, 0) is 16.0 Å². The van der Waals surface area contributed by atoms with Crippen LogP contribution in [0.1, 0.15) is 33.3 Å². The quantitative estimate of drug-likeness (QED) is 0.899. The molecular weight excluding hydrogens is 305 g/mol. The van der Waals surface area contributed by atoms with Crippen molar-refractivity contribution in [3.63, 3.8) is 0 Å². The van der Waals surface area contributed by atoms with E-state index < -0.39 is 11.7 Å². The molecule has 0 bridgehead atoms. The predicted octanol–water partition coefficient (Wildman–Crippen LogP) is 3.54. The molecule has 0 saturated carbocycles. The Balaban J connectivity index is 2.73. The molecule has 1 aromatic carbocycles. The number of hydrogen-bond acceptors (Lipinski definition) is 4.